The van der Waals surface area contributed by atoms with E-state index in [9.17, 15) is 14.7 Å². The molecule has 2 aromatic rings. The Balaban J connectivity index is 2.10. The monoisotopic (exact) mass is 365 g/mol. The summed E-state index contributed by atoms with van der Waals surface area (Å²) in [6.45, 7) is 0. The van der Waals surface area contributed by atoms with Crippen molar-refractivity contribution in [3.63, 3.8) is 0 Å². The van der Waals surface area contributed by atoms with Crippen molar-refractivity contribution < 1.29 is 14.7 Å². The van der Waals surface area contributed by atoms with Crippen molar-refractivity contribution in [3.8, 4) is 0 Å². The van der Waals surface area contributed by atoms with Gasteiger partial charge >= 0.3 is 5.97 Å². The normalized spacial score (nSPS) is 13.1. The van der Waals surface area contributed by atoms with Crippen LogP contribution >= 0.6 is 23.2 Å². The van der Waals surface area contributed by atoms with Crippen LogP contribution in [0, 0.1) is 0 Å². The highest BCUT2D eigenvalue weighted by Gasteiger charge is 2.38. The zero-order valence-electron chi connectivity index (χ0n) is 13.1. The average Bonchev–Trinajstić information content (AvgIpc) is 2.60. The summed E-state index contributed by atoms with van der Waals surface area (Å²) >= 11 is 12.2. The number of nitrogens with zero attached hydrogens (tertiary/aromatic N) is 1. The van der Waals surface area contributed by atoms with Gasteiger partial charge < -0.3 is 10.0 Å². The Morgan fingerprint density at radius 3 is 2.21 bits per heavy atom. The number of halogens is 2. The number of alkyl halides is 1. The Morgan fingerprint density at radius 1 is 1.08 bits per heavy atom. The minimum atomic E-state index is -1.63. The first kappa shape index (κ1) is 18.3. The number of carboxylic acid groups (broad SMARTS) is 1. The van der Waals surface area contributed by atoms with E-state index in [1.165, 1.54) is 4.90 Å². The van der Waals surface area contributed by atoms with Gasteiger partial charge in [-0.25, -0.2) is 4.79 Å². The molecule has 24 heavy (non-hydrogen) atoms. The van der Waals surface area contributed by atoms with Crippen LogP contribution in [0.5, 0.6) is 0 Å². The number of carboxylic acids is 1. The number of hydrogen-bond acceptors (Lipinski definition) is 2. The summed E-state index contributed by atoms with van der Waals surface area (Å²) in [7, 11) is 1.63. The van der Waals surface area contributed by atoms with Gasteiger partial charge in [0.1, 0.15) is 0 Å². The van der Waals surface area contributed by atoms with Crippen LogP contribution in [0.4, 0.5) is 5.69 Å². The number of amides is 1. The van der Waals surface area contributed by atoms with Gasteiger partial charge in [-0.15, -0.1) is 11.6 Å². The fourth-order valence-corrected chi connectivity index (χ4v) is 2.68. The van der Waals surface area contributed by atoms with Crippen LogP contribution in [0.3, 0.4) is 0 Å². The first-order valence-electron chi connectivity index (χ1n) is 7.34. The number of rotatable bonds is 6. The Morgan fingerprint density at radius 2 is 1.67 bits per heavy atom. The molecule has 126 valence electrons. The molecule has 1 atom stereocenters. The van der Waals surface area contributed by atoms with Crippen LogP contribution < -0.4 is 4.90 Å². The Hall–Kier alpha value is -2.04. The van der Waals surface area contributed by atoms with E-state index in [0.29, 0.717) is 16.3 Å². The first-order valence-corrected chi connectivity index (χ1v) is 8.10. The SMILES string of the molecule is CN(C(=O)CCC(Cl)(C(=O)O)c1ccccc1)c1ccc(Cl)cc1. The maximum atomic E-state index is 12.4. The van der Waals surface area contributed by atoms with Gasteiger partial charge in [0.2, 0.25) is 5.91 Å². The largest absolute Gasteiger partial charge is 0.480 e. The van der Waals surface area contributed by atoms with E-state index in [0.717, 1.165) is 0 Å². The summed E-state index contributed by atoms with van der Waals surface area (Å²) in [5.74, 6) is -1.39. The van der Waals surface area contributed by atoms with E-state index in [4.69, 9.17) is 23.2 Å². The highest BCUT2D eigenvalue weighted by Crippen LogP contribution is 2.34. The number of benzene rings is 2. The molecule has 0 radical (unpaired) electrons. The van der Waals surface area contributed by atoms with E-state index in [2.05, 4.69) is 0 Å². The Bertz CT molecular complexity index is 719. The predicted octanol–water partition coefficient (Wildman–Crippen LogP) is 4.30. The zero-order valence-corrected chi connectivity index (χ0v) is 14.6. The average molecular weight is 366 g/mol. The van der Waals surface area contributed by atoms with Crippen LogP contribution in [0.2, 0.25) is 5.02 Å². The molecule has 6 heteroatoms. The smallest absolute Gasteiger partial charge is 0.329 e. The minimum Gasteiger partial charge on any atom is -0.480 e. The fraction of sp³-hybridized carbons (Fsp3) is 0.222. The second-order valence-electron chi connectivity index (χ2n) is 5.40. The van der Waals surface area contributed by atoms with E-state index >= 15 is 0 Å². The van der Waals surface area contributed by atoms with Crippen LogP contribution in [-0.4, -0.2) is 24.0 Å². The molecule has 0 aliphatic carbocycles. The number of aliphatic carboxylic acids is 1. The second-order valence-corrected chi connectivity index (χ2v) is 6.48. The number of carbonyl (C=O) groups is 2. The highest BCUT2D eigenvalue weighted by molar-refractivity contribution is 6.33. The summed E-state index contributed by atoms with van der Waals surface area (Å²) in [6, 6.07) is 15.3. The lowest BCUT2D eigenvalue weighted by Crippen LogP contribution is -2.33. The van der Waals surface area contributed by atoms with E-state index in [1.54, 1.807) is 61.6 Å². The molecule has 0 fully saturated rings. The lowest BCUT2D eigenvalue weighted by molar-refractivity contribution is -0.140. The zero-order chi connectivity index (χ0) is 17.7. The number of anilines is 1. The molecule has 0 saturated heterocycles. The van der Waals surface area contributed by atoms with Gasteiger partial charge in [0.05, 0.1) is 0 Å². The quantitative estimate of drug-likeness (QED) is 0.776. The summed E-state index contributed by atoms with van der Waals surface area (Å²) in [4.78, 5) is 23.8. The lowest BCUT2D eigenvalue weighted by atomic mass is 9.93. The van der Waals surface area contributed by atoms with Gasteiger partial charge in [-0.3, -0.25) is 4.79 Å². The third-order valence-corrected chi connectivity index (χ3v) is 4.66. The van der Waals surface area contributed by atoms with Crippen molar-refractivity contribution >= 4 is 40.8 Å². The molecule has 0 saturated carbocycles. The molecular weight excluding hydrogens is 349 g/mol. The fourth-order valence-electron chi connectivity index (χ4n) is 2.33. The Kier molecular flexibility index (Phi) is 5.86. The molecule has 0 aliphatic rings. The van der Waals surface area contributed by atoms with Crippen molar-refractivity contribution in [1.82, 2.24) is 0 Å². The molecule has 1 unspecified atom stereocenters. The molecule has 0 heterocycles. The molecule has 4 nitrogen and oxygen atoms in total. The molecule has 1 amide bonds. The molecule has 0 aromatic heterocycles. The first-order chi connectivity index (χ1) is 11.3. The predicted molar refractivity (Wildman–Crippen MR) is 95.7 cm³/mol. The van der Waals surface area contributed by atoms with Crippen LogP contribution in [-0.2, 0) is 14.5 Å². The number of hydrogen-bond donors (Lipinski definition) is 1. The van der Waals surface area contributed by atoms with Crippen LogP contribution in [0.15, 0.2) is 54.6 Å². The van der Waals surface area contributed by atoms with Crippen molar-refractivity contribution in [1.29, 1.82) is 0 Å². The molecule has 2 aromatic carbocycles. The third-order valence-electron chi connectivity index (χ3n) is 3.84. The van der Waals surface area contributed by atoms with E-state index < -0.39 is 10.8 Å². The van der Waals surface area contributed by atoms with Gasteiger partial charge in [0.25, 0.3) is 0 Å². The Labute approximate surface area is 150 Å². The summed E-state index contributed by atoms with van der Waals surface area (Å²) in [5.41, 5.74) is 1.14. The van der Waals surface area contributed by atoms with Crippen molar-refractivity contribution in [3.05, 3.63) is 65.2 Å². The molecule has 1 N–H and O–H groups in total. The maximum Gasteiger partial charge on any atom is 0.329 e. The van der Waals surface area contributed by atoms with Gasteiger partial charge in [-0.2, -0.15) is 0 Å². The standard InChI is InChI=1S/C18H17Cl2NO3/c1-21(15-9-7-14(19)8-10-15)16(22)11-12-18(20,17(23)24)13-5-3-2-4-6-13/h2-10H,11-12H2,1H3,(H,23,24). The molecular formula is C18H17Cl2NO3. The van der Waals surface area contributed by atoms with E-state index in [-0.39, 0.29) is 18.7 Å². The van der Waals surface area contributed by atoms with E-state index in [1.807, 2.05) is 0 Å². The van der Waals surface area contributed by atoms with Crippen LogP contribution in [0.25, 0.3) is 0 Å². The van der Waals surface area contributed by atoms with Gasteiger partial charge in [0, 0.05) is 24.2 Å². The molecule has 0 bridgehead atoms. The summed E-state index contributed by atoms with van der Waals surface area (Å²) in [5, 5.41) is 10.1. The van der Waals surface area contributed by atoms with Crippen molar-refractivity contribution in [2.24, 2.45) is 0 Å². The van der Waals surface area contributed by atoms with Gasteiger partial charge in [0.15, 0.2) is 4.87 Å². The summed E-state index contributed by atoms with van der Waals surface area (Å²) < 4.78 is 0. The minimum absolute atomic E-state index is 0.00379. The molecule has 0 spiro atoms. The third kappa shape index (κ3) is 4.08. The van der Waals surface area contributed by atoms with Gasteiger partial charge in [-0.1, -0.05) is 41.9 Å². The lowest BCUT2D eigenvalue weighted by Gasteiger charge is -2.24. The van der Waals surface area contributed by atoms with Crippen molar-refractivity contribution in [2.75, 3.05) is 11.9 Å². The second kappa shape index (κ2) is 7.69. The van der Waals surface area contributed by atoms with Crippen LogP contribution in [0.1, 0.15) is 18.4 Å². The van der Waals surface area contributed by atoms with Crippen molar-refractivity contribution in [2.45, 2.75) is 17.7 Å². The molecule has 0 aliphatic heterocycles. The topological polar surface area (TPSA) is 57.6 Å². The summed E-state index contributed by atoms with van der Waals surface area (Å²) in [6.07, 6.45) is -0.00547. The van der Waals surface area contributed by atoms with Gasteiger partial charge in [-0.05, 0) is 36.2 Å². The highest BCUT2D eigenvalue weighted by atomic mass is 35.5. The molecule has 2 rings (SSSR count). The number of carbonyl (C=O) groups excluding carboxylic acids is 1. The maximum absolute atomic E-state index is 12.4.